The molecule has 0 aliphatic rings. The van der Waals surface area contributed by atoms with Gasteiger partial charge in [0.15, 0.2) is 5.82 Å². The molecule has 0 aliphatic carbocycles. The van der Waals surface area contributed by atoms with Crippen LogP contribution in [0.15, 0.2) is 0 Å². The Balaban J connectivity index is 2.41. The molecule has 0 spiro atoms. The van der Waals surface area contributed by atoms with Gasteiger partial charge in [0.05, 0.1) is 6.61 Å². The van der Waals surface area contributed by atoms with Crippen molar-refractivity contribution < 1.29 is 14.6 Å². The molecule has 1 aromatic rings. The van der Waals surface area contributed by atoms with Gasteiger partial charge in [0, 0.05) is 26.0 Å². The highest BCUT2D eigenvalue weighted by atomic mass is 16.5. The number of aromatic nitrogens is 4. The summed E-state index contributed by atoms with van der Waals surface area (Å²) >= 11 is 0. The number of hydrogen-bond acceptors (Lipinski definition) is 5. The van der Waals surface area contributed by atoms with E-state index in [1.165, 1.54) is 0 Å². The van der Waals surface area contributed by atoms with E-state index in [4.69, 9.17) is 9.84 Å². The van der Waals surface area contributed by atoms with Crippen molar-refractivity contribution in [1.82, 2.24) is 20.2 Å². The number of carboxylic acids is 1. The smallest absolute Gasteiger partial charge is 0.303 e. The molecule has 0 saturated heterocycles. The lowest BCUT2D eigenvalue weighted by molar-refractivity contribution is -0.138. The van der Waals surface area contributed by atoms with Crippen LogP contribution in [0, 0.1) is 5.92 Å². The maximum absolute atomic E-state index is 10.6. The minimum atomic E-state index is -0.802. The number of carboxylic acid groups (broad SMARTS) is 1. The van der Waals surface area contributed by atoms with Crippen molar-refractivity contribution in [2.45, 2.75) is 39.7 Å². The lowest BCUT2D eigenvalue weighted by Gasteiger charge is -2.09. The van der Waals surface area contributed by atoms with Crippen LogP contribution in [0.2, 0.25) is 0 Å². The second-order valence-electron chi connectivity index (χ2n) is 4.34. The maximum atomic E-state index is 10.6. The van der Waals surface area contributed by atoms with E-state index in [0.717, 1.165) is 18.9 Å². The average Bonchev–Trinajstić information content (AvgIpc) is 2.71. The van der Waals surface area contributed by atoms with Crippen molar-refractivity contribution in [2.24, 2.45) is 5.92 Å². The summed E-state index contributed by atoms with van der Waals surface area (Å²) in [7, 11) is 0. The second kappa shape index (κ2) is 7.75. The van der Waals surface area contributed by atoms with Crippen LogP contribution >= 0.6 is 0 Å². The zero-order valence-electron chi connectivity index (χ0n) is 10.9. The Hall–Kier alpha value is -1.50. The largest absolute Gasteiger partial charge is 0.481 e. The molecular formula is C11H20N4O3. The Bertz CT molecular complexity index is 367. The first-order chi connectivity index (χ1) is 8.63. The molecule has 0 bridgehead atoms. The third-order valence-electron chi connectivity index (χ3n) is 2.43. The van der Waals surface area contributed by atoms with Gasteiger partial charge in [-0.15, -0.1) is 5.10 Å². The number of tetrazole rings is 1. The zero-order valence-corrected chi connectivity index (χ0v) is 10.9. The molecule has 1 rings (SSSR count). The van der Waals surface area contributed by atoms with Gasteiger partial charge in [0.25, 0.3) is 0 Å². The van der Waals surface area contributed by atoms with Gasteiger partial charge in [-0.05, 0) is 22.8 Å². The molecular weight excluding hydrogens is 236 g/mol. The Kier molecular flexibility index (Phi) is 6.27. The van der Waals surface area contributed by atoms with Gasteiger partial charge in [-0.2, -0.15) is 0 Å². The van der Waals surface area contributed by atoms with Crippen LogP contribution in [0.5, 0.6) is 0 Å². The molecule has 18 heavy (non-hydrogen) atoms. The monoisotopic (exact) mass is 256 g/mol. The van der Waals surface area contributed by atoms with E-state index in [1.807, 2.05) is 6.92 Å². The van der Waals surface area contributed by atoms with Crippen LogP contribution in [-0.2, 0) is 22.5 Å². The maximum Gasteiger partial charge on any atom is 0.303 e. The van der Waals surface area contributed by atoms with E-state index in [-0.39, 0.29) is 12.3 Å². The molecule has 0 amide bonds. The molecule has 1 unspecified atom stereocenters. The van der Waals surface area contributed by atoms with Crippen LogP contribution in [0.3, 0.4) is 0 Å². The average molecular weight is 256 g/mol. The molecule has 7 heteroatoms. The van der Waals surface area contributed by atoms with Gasteiger partial charge < -0.3 is 9.84 Å². The van der Waals surface area contributed by atoms with E-state index in [0.29, 0.717) is 19.6 Å². The fourth-order valence-corrected chi connectivity index (χ4v) is 1.61. The predicted molar refractivity (Wildman–Crippen MR) is 64.0 cm³/mol. The summed E-state index contributed by atoms with van der Waals surface area (Å²) in [5, 5.41) is 20.1. The fraction of sp³-hybridized carbons (Fsp3) is 0.818. The second-order valence-corrected chi connectivity index (χ2v) is 4.34. The molecule has 0 radical (unpaired) electrons. The van der Waals surface area contributed by atoms with Crippen molar-refractivity contribution >= 4 is 5.97 Å². The molecule has 7 nitrogen and oxygen atoms in total. The summed E-state index contributed by atoms with van der Waals surface area (Å²) in [6.45, 7) is 5.76. The first kappa shape index (κ1) is 14.6. The van der Waals surface area contributed by atoms with Crippen molar-refractivity contribution in [3.05, 3.63) is 5.82 Å². The Morgan fingerprint density at radius 2 is 2.28 bits per heavy atom. The lowest BCUT2D eigenvalue weighted by atomic mass is 10.1. The summed E-state index contributed by atoms with van der Waals surface area (Å²) in [5.41, 5.74) is 0. The highest BCUT2D eigenvalue weighted by Gasteiger charge is 2.12. The van der Waals surface area contributed by atoms with E-state index in [9.17, 15) is 4.79 Å². The topological polar surface area (TPSA) is 90.1 Å². The number of ether oxygens (including phenoxy) is 1. The first-order valence-corrected chi connectivity index (χ1v) is 6.18. The van der Waals surface area contributed by atoms with Crippen molar-refractivity contribution in [3.8, 4) is 0 Å². The number of nitrogens with zero attached hydrogens (tertiary/aromatic N) is 4. The molecule has 1 atom stereocenters. The highest BCUT2D eigenvalue weighted by Crippen LogP contribution is 2.06. The van der Waals surface area contributed by atoms with Crippen molar-refractivity contribution in [2.75, 3.05) is 13.2 Å². The first-order valence-electron chi connectivity index (χ1n) is 6.18. The van der Waals surface area contributed by atoms with E-state index in [1.54, 1.807) is 4.68 Å². The summed E-state index contributed by atoms with van der Waals surface area (Å²) in [6, 6.07) is 0. The van der Waals surface area contributed by atoms with Crippen LogP contribution in [0.4, 0.5) is 0 Å². The number of rotatable bonds is 9. The highest BCUT2D eigenvalue weighted by molar-refractivity contribution is 5.66. The van der Waals surface area contributed by atoms with Crippen LogP contribution < -0.4 is 0 Å². The Labute approximate surface area is 106 Å². The van der Waals surface area contributed by atoms with E-state index >= 15 is 0 Å². The summed E-state index contributed by atoms with van der Waals surface area (Å²) in [5.74, 6) is -0.0620. The fourth-order valence-electron chi connectivity index (χ4n) is 1.61. The number of carbonyl (C=O) groups is 1. The summed E-state index contributed by atoms with van der Waals surface area (Å²) in [6.07, 6.45) is 1.75. The Morgan fingerprint density at radius 1 is 1.50 bits per heavy atom. The summed E-state index contributed by atoms with van der Waals surface area (Å²) in [4.78, 5) is 10.6. The van der Waals surface area contributed by atoms with Gasteiger partial charge >= 0.3 is 5.97 Å². The predicted octanol–water partition coefficient (Wildman–Crippen LogP) is 0.753. The Morgan fingerprint density at radius 3 is 2.94 bits per heavy atom. The van der Waals surface area contributed by atoms with Gasteiger partial charge in [-0.25, -0.2) is 4.68 Å². The molecule has 0 aliphatic heterocycles. The molecule has 0 fully saturated rings. The normalized spacial score (nSPS) is 12.6. The molecule has 0 saturated carbocycles. The van der Waals surface area contributed by atoms with Crippen molar-refractivity contribution in [3.63, 3.8) is 0 Å². The standard InChI is InChI=1S/C11H20N4O3/c1-3-5-18-6-4-10-12-13-14-15(10)8-9(2)7-11(16)17/h9H,3-8H2,1-2H3,(H,16,17). The van der Waals surface area contributed by atoms with Gasteiger partial charge in [-0.3, -0.25) is 4.79 Å². The van der Waals surface area contributed by atoms with Gasteiger partial charge in [0.1, 0.15) is 0 Å². The molecule has 1 N–H and O–H groups in total. The molecule has 102 valence electrons. The minimum absolute atomic E-state index is 0.00121. The van der Waals surface area contributed by atoms with E-state index < -0.39 is 5.97 Å². The third-order valence-corrected chi connectivity index (χ3v) is 2.43. The van der Waals surface area contributed by atoms with Crippen LogP contribution in [0.25, 0.3) is 0 Å². The van der Waals surface area contributed by atoms with E-state index in [2.05, 4.69) is 22.4 Å². The van der Waals surface area contributed by atoms with Crippen LogP contribution in [0.1, 0.15) is 32.5 Å². The third kappa shape index (κ3) is 5.22. The lowest BCUT2D eigenvalue weighted by Crippen LogP contribution is -2.16. The number of aliphatic carboxylic acids is 1. The minimum Gasteiger partial charge on any atom is -0.481 e. The van der Waals surface area contributed by atoms with Gasteiger partial charge in [-0.1, -0.05) is 13.8 Å². The number of hydrogen-bond donors (Lipinski definition) is 1. The zero-order chi connectivity index (χ0) is 13.4. The molecule has 1 heterocycles. The van der Waals surface area contributed by atoms with Gasteiger partial charge in [0.2, 0.25) is 0 Å². The van der Waals surface area contributed by atoms with Crippen molar-refractivity contribution in [1.29, 1.82) is 0 Å². The molecule has 0 aromatic carbocycles. The van der Waals surface area contributed by atoms with Crippen LogP contribution in [-0.4, -0.2) is 44.5 Å². The quantitative estimate of drug-likeness (QED) is 0.656. The summed E-state index contributed by atoms with van der Waals surface area (Å²) < 4.78 is 7.03. The SMILES string of the molecule is CCCOCCc1nnnn1CC(C)CC(=O)O. The molecule has 1 aromatic heterocycles.